The van der Waals surface area contributed by atoms with E-state index in [0.717, 1.165) is 0 Å². The van der Waals surface area contributed by atoms with E-state index in [2.05, 4.69) is 10.4 Å². The van der Waals surface area contributed by atoms with E-state index in [1.807, 2.05) is 20.8 Å². The summed E-state index contributed by atoms with van der Waals surface area (Å²) in [5.74, 6) is -0.292. The van der Waals surface area contributed by atoms with Gasteiger partial charge in [-0.25, -0.2) is 5.01 Å². The van der Waals surface area contributed by atoms with E-state index in [0.29, 0.717) is 0 Å². The van der Waals surface area contributed by atoms with Crippen LogP contribution in [0.15, 0.2) is 0 Å². The van der Waals surface area contributed by atoms with Crippen molar-refractivity contribution in [2.24, 2.45) is 0 Å². The molecule has 0 aliphatic rings. The SMILES string of the molecule is C.CONN(C)CC(=O)OC(C)(C)C. The van der Waals surface area contributed by atoms with Crippen LogP contribution < -0.4 is 5.59 Å². The molecule has 0 saturated carbocycles. The second kappa shape index (κ2) is 6.75. The molecule has 5 nitrogen and oxygen atoms in total. The Labute approximate surface area is 86.3 Å². The summed E-state index contributed by atoms with van der Waals surface area (Å²) in [6.45, 7) is 5.63. The topological polar surface area (TPSA) is 50.8 Å². The van der Waals surface area contributed by atoms with E-state index in [1.54, 1.807) is 7.05 Å². The lowest BCUT2D eigenvalue weighted by atomic mass is 10.2. The van der Waals surface area contributed by atoms with Gasteiger partial charge in [0, 0.05) is 7.05 Å². The third kappa shape index (κ3) is 9.44. The highest BCUT2D eigenvalue weighted by Crippen LogP contribution is 2.06. The fourth-order valence-electron chi connectivity index (χ4n) is 0.756. The summed E-state index contributed by atoms with van der Waals surface area (Å²) in [6.07, 6.45) is 0. The molecule has 0 radical (unpaired) electrons. The Morgan fingerprint density at radius 1 is 1.43 bits per heavy atom. The molecule has 0 saturated heterocycles. The van der Waals surface area contributed by atoms with Gasteiger partial charge in [0.2, 0.25) is 0 Å². The number of rotatable bonds is 4. The third-order valence-electron chi connectivity index (χ3n) is 1.03. The van der Waals surface area contributed by atoms with Gasteiger partial charge in [0.15, 0.2) is 0 Å². The summed E-state index contributed by atoms with van der Waals surface area (Å²) in [5.41, 5.74) is 2.06. The van der Waals surface area contributed by atoms with Crippen molar-refractivity contribution in [2.75, 3.05) is 20.7 Å². The molecule has 0 spiro atoms. The highest BCUT2D eigenvalue weighted by Gasteiger charge is 2.17. The second-order valence-electron chi connectivity index (χ2n) is 3.74. The predicted octanol–water partition coefficient (Wildman–Crippen LogP) is 0.962. The van der Waals surface area contributed by atoms with Gasteiger partial charge in [0.25, 0.3) is 0 Å². The molecule has 0 aliphatic carbocycles. The minimum absolute atomic E-state index is 0. The minimum Gasteiger partial charge on any atom is -0.459 e. The van der Waals surface area contributed by atoms with Crippen molar-refractivity contribution in [1.29, 1.82) is 0 Å². The molecular formula is C9H22N2O3. The molecule has 0 atom stereocenters. The second-order valence-corrected chi connectivity index (χ2v) is 3.74. The Morgan fingerprint density at radius 3 is 2.29 bits per heavy atom. The molecule has 1 N–H and O–H groups in total. The quantitative estimate of drug-likeness (QED) is 0.548. The molecule has 0 aromatic rings. The molecule has 0 aromatic carbocycles. The van der Waals surface area contributed by atoms with Crippen LogP contribution in [0.25, 0.3) is 0 Å². The molecule has 5 heteroatoms. The van der Waals surface area contributed by atoms with Gasteiger partial charge in [-0.05, 0) is 20.8 Å². The summed E-state index contributed by atoms with van der Waals surface area (Å²) >= 11 is 0. The molecule has 0 rings (SSSR count). The van der Waals surface area contributed by atoms with Crippen LogP contribution >= 0.6 is 0 Å². The number of hydrazine groups is 1. The van der Waals surface area contributed by atoms with Crippen LogP contribution in [0.1, 0.15) is 28.2 Å². The summed E-state index contributed by atoms with van der Waals surface area (Å²) < 4.78 is 5.08. The Balaban J connectivity index is 0. The number of hydrogen-bond acceptors (Lipinski definition) is 5. The number of esters is 1. The minimum atomic E-state index is -0.439. The number of nitrogens with one attached hydrogen (secondary N) is 1. The van der Waals surface area contributed by atoms with Gasteiger partial charge in [0.05, 0.1) is 7.11 Å². The van der Waals surface area contributed by atoms with Crippen molar-refractivity contribution in [3.05, 3.63) is 0 Å². The molecule has 0 aliphatic heterocycles. The fraction of sp³-hybridized carbons (Fsp3) is 0.889. The summed E-state index contributed by atoms with van der Waals surface area (Å²) in [4.78, 5) is 15.8. The molecule has 0 heterocycles. The molecule has 0 aromatic heterocycles. The Hall–Kier alpha value is -0.650. The van der Waals surface area contributed by atoms with Crippen LogP contribution in [-0.2, 0) is 14.4 Å². The Kier molecular flexibility index (Phi) is 7.62. The van der Waals surface area contributed by atoms with E-state index < -0.39 is 5.60 Å². The maximum atomic E-state index is 11.2. The summed E-state index contributed by atoms with van der Waals surface area (Å²) in [5, 5.41) is 1.49. The smallest absolute Gasteiger partial charge is 0.322 e. The maximum absolute atomic E-state index is 11.2. The first-order valence-corrected chi connectivity index (χ1v) is 4.07. The van der Waals surface area contributed by atoms with E-state index in [9.17, 15) is 4.79 Å². The van der Waals surface area contributed by atoms with Gasteiger partial charge < -0.3 is 4.74 Å². The zero-order valence-electron chi connectivity index (χ0n) is 8.88. The normalized spacial score (nSPS) is 11.0. The lowest BCUT2D eigenvalue weighted by Crippen LogP contribution is -2.40. The van der Waals surface area contributed by atoms with E-state index in [4.69, 9.17) is 4.74 Å². The van der Waals surface area contributed by atoms with Crippen LogP contribution in [0, 0.1) is 0 Å². The Morgan fingerprint density at radius 2 is 1.93 bits per heavy atom. The van der Waals surface area contributed by atoms with Crippen LogP contribution in [0.4, 0.5) is 0 Å². The molecule has 0 fully saturated rings. The highest BCUT2D eigenvalue weighted by atomic mass is 16.7. The zero-order valence-corrected chi connectivity index (χ0v) is 8.88. The standard InChI is InChI=1S/C8H18N2O3.CH4/c1-8(2,3)13-7(11)6-10(4)9-12-5;/h9H,6H2,1-5H3;1H4. The van der Waals surface area contributed by atoms with Crippen molar-refractivity contribution >= 4 is 5.97 Å². The van der Waals surface area contributed by atoms with Gasteiger partial charge in [-0.15, -0.1) is 5.59 Å². The molecule has 0 bridgehead atoms. The number of carbonyl (C=O) groups is 1. The predicted molar refractivity (Wildman–Crippen MR) is 55.4 cm³/mol. The first-order valence-electron chi connectivity index (χ1n) is 4.07. The van der Waals surface area contributed by atoms with Crippen LogP contribution in [-0.4, -0.2) is 37.3 Å². The fourth-order valence-corrected chi connectivity index (χ4v) is 0.756. The van der Waals surface area contributed by atoms with Gasteiger partial charge in [-0.2, -0.15) is 0 Å². The average molecular weight is 206 g/mol. The third-order valence-corrected chi connectivity index (χ3v) is 1.03. The number of carbonyl (C=O) groups excluding carboxylic acids is 1. The lowest BCUT2D eigenvalue weighted by Gasteiger charge is -2.22. The van der Waals surface area contributed by atoms with Crippen molar-refractivity contribution in [3.8, 4) is 0 Å². The van der Waals surface area contributed by atoms with Gasteiger partial charge in [-0.1, -0.05) is 7.43 Å². The van der Waals surface area contributed by atoms with Gasteiger partial charge in [0.1, 0.15) is 12.1 Å². The van der Waals surface area contributed by atoms with E-state index in [-0.39, 0.29) is 19.9 Å². The summed E-state index contributed by atoms with van der Waals surface area (Å²) in [7, 11) is 3.17. The van der Waals surface area contributed by atoms with Crippen LogP contribution in [0.5, 0.6) is 0 Å². The van der Waals surface area contributed by atoms with Crippen molar-refractivity contribution in [1.82, 2.24) is 10.6 Å². The van der Waals surface area contributed by atoms with E-state index >= 15 is 0 Å². The van der Waals surface area contributed by atoms with Gasteiger partial charge in [-0.3, -0.25) is 9.63 Å². The monoisotopic (exact) mass is 206 g/mol. The zero-order chi connectivity index (χ0) is 10.5. The number of likely N-dealkylation sites (N-methyl/N-ethyl adjacent to an activating group) is 1. The van der Waals surface area contributed by atoms with Crippen LogP contribution in [0.3, 0.4) is 0 Å². The van der Waals surface area contributed by atoms with Crippen LogP contribution in [0.2, 0.25) is 0 Å². The number of ether oxygens (including phenoxy) is 1. The molecule has 0 amide bonds. The lowest BCUT2D eigenvalue weighted by molar-refractivity contribution is -0.160. The number of nitrogens with zero attached hydrogens (tertiary/aromatic N) is 1. The van der Waals surface area contributed by atoms with Crippen molar-refractivity contribution < 1.29 is 14.4 Å². The van der Waals surface area contributed by atoms with E-state index in [1.165, 1.54) is 12.1 Å². The van der Waals surface area contributed by atoms with Gasteiger partial charge >= 0.3 is 5.97 Å². The van der Waals surface area contributed by atoms with Crippen molar-refractivity contribution in [2.45, 2.75) is 33.8 Å². The molecule has 0 unspecified atom stereocenters. The summed E-state index contributed by atoms with van der Waals surface area (Å²) in [6, 6.07) is 0. The molecular weight excluding hydrogens is 184 g/mol. The molecule has 86 valence electrons. The highest BCUT2D eigenvalue weighted by molar-refractivity contribution is 5.71. The molecule has 14 heavy (non-hydrogen) atoms. The Bertz CT molecular complexity index is 166. The number of hydrogen-bond donors (Lipinski definition) is 1. The first kappa shape index (κ1) is 15.8. The first-order chi connectivity index (χ1) is 5.85. The largest absolute Gasteiger partial charge is 0.459 e. The maximum Gasteiger partial charge on any atom is 0.322 e. The average Bonchev–Trinajstić information content (AvgIpc) is 1.81. The van der Waals surface area contributed by atoms with Crippen molar-refractivity contribution in [3.63, 3.8) is 0 Å².